The predicted molar refractivity (Wildman–Crippen MR) is 127 cm³/mol. The minimum atomic E-state index is -0.0569. The number of amides is 1. The Hall–Kier alpha value is -3.98. The van der Waals surface area contributed by atoms with Crippen LogP contribution >= 0.6 is 11.6 Å². The molecule has 0 aliphatic heterocycles. The summed E-state index contributed by atoms with van der Waals surface area (Å²) in [5.41, 5.74) is 2.94. The van der Waals surface area contributed by atoms with Crippen molar-refractivity contribution < 1.29 is 4.79 Å². The first-order valence-corrected chi connectivity index (χ1v) is 10.9. The van der Waals surface area contributed by atoms with Gasteiger partial charge in [0.25, 0.3) is 5.91 Å². The van der Waals surface area contributed by atoms with Gasteiger partial charge in [-0.15, -0.1) is 0 Å². The van der Waals surface area contributed by atoms with Crippen molar-refractivity contribution in [3.63, 3.8) is 0 Å². The van der Waals surface area contributed by atoms with Gasteiger partial charge in [-0.2, -0.15) is 10.1 Å². The SMILES string of the molecule is Cc1nc(-c2ccccc2Nc2nc(Nc3ccc(C(=O)NC4CC4)cc3)ncc2Cl)n[nH]1. The van der Waals surface area contributed by atoms with Gasteiger partial charge in [-0.1, -0.05) is 23.7 Å². The standard InChI is InChI=1S/C23H21ClN8O/c1-13-26-20(32-31-13)17-4-2-3-5-19(17)29-21-18(24)12-25-23(30-21)28-16-8-6-14(7-9-16)22(33)27-15-10-11-15/h2-9,12,15H,10-11H2,1H3,(H,27,33)(H,26,31,32)(H2,25,28,29,30). The average molecular weight is 461 g/mol. The van der Waals surface area contributed by atoms with Crippen LogP contribution in [0.25, 0.3) is 11.4 Å². The normalized spacial score (nSPS) is 12.9. The molecule has 0 spiro atoms. The molecule has 4 aromatic rings. The van der Waals surface area contributed by atoms with Crippen LogP contribution in [0.2, 0.25) is 5.02 Å². The molecule has 1 saturated carbocycles. The van der Waals surface area contributed by atoms with Crippen LogP contribution in [0, 0.1) is 6.92 Å². The number of nitrogens with one attached hydrogen (secondary N) is 4. The molecule has 2 aromatic heterocycles. The number of nitrogens with zero attached hydrogens (tertiary/aromatic N) is 4. The first-order chi connectivity index (χ1) is 16.0. The number of aromatic amines is 1. The van der Waals surface area contributed by atoms with Crippen LogP contribution in [0.5, 0.6) is 0 Å². The Morgan fingerprint density at radius 3 is 2.58 bits per heavy atom. The highest BCUT2D eigenvalue weighted by molar-refractivity contribution is 6.33. The Balaban J connectivity index is 1.33. The number of anilines is 4. The lowest BCUT2D eigenvalue weighted by Gasteiger charge is -2.12. The second kappa shape index (κ2) is 8.87. The Bertz CT molecular complexity index is 1300. The summed E-state index contributed by atoms with van der Waals surface area (Å²) in [5, 5.41) is 16.8. The van der Waals surface area contributed by atoms with Gasteiger partial charge in [-0.3, -0.25) is 9.89 Å². The maximum atomic E-state index is 12.2. The Morgan fingerprint density at radius 1 is 1.06 bits per heavy atom. The fraction of sp³-hybridized carbons (Fsp3) is 0.174. The van der Waals surface area contributed by atoms with Crippen LogP contribution in [-0.2, 0) is 0 Å². The third-order valence-electron chi connectivity index (χ3n) is 5.08. The van der Waals surface area contributed by atoms with Gasteiger partial charge < -0.3 is 16.0 Å². The average Bonchev–Trinajstić information content (AvgIpc) is 3.53. The third kappa shape index (κ3) is 4.93. The predicted octanol–water partition coefficient (Wildman–Crippen LogP) is 4.60. The molecule has 33 heavy (non-hydrogen) atoms. The molecule has 0 atom stereocenters. The lowest BCUT2D eigenvalue weighted by Crippen LogP contribution is -2.25. The van der Waals surface area contributed by atoms with Crippen molar-refractivity contribution in [2.45, 2.75) is 25.8 Å². The van der Waals surface area contributed by atoms with Gasteiger partial charge in [0.15, 0.2) is 11.6 Å². The van der Waals surface area contributed by atoms with E-state index in [0.29, 0.717) is 34.2 Å². The first kappa shape index (κ1) is 20.9. The molecule has 5 rings (SSSR count). The van der Waals surface area contributed by atoms with Gasteiger partial charge in [0.2, 0.25) is 5.95 Å². The monoisotopic (exact) mass is 460 g/mol. The van der Waals surface area contributed by atoms with E-state index < -0.39 is 0 Å². The number of halogens is 1. The number of aryl methyl sites for hydroxylation is 1. The first-order valence-electron chi connectivity index (χ1n) is 10.5. The summed E-state index contributed by atoms with van der Waals surface area (Å²) in [7, 11) is 0. The molecule has 1 aliphatic carbocycles. The molecule has 1 aliphatic rings. The third-order valence-corrected chi connectivity index (χ3v) is 5.35. The van der Waals surface area contributed by atoms with Crippen molar-refractivity contribution in [2.75, 3.05) is 10.6 Å². The molecule has 1 fully saturated rings. The molecule has 1 amide bonds. The van der Waals surface area contributed by atoms with Crippen LogP contribution in [0.1, 0.15) is 29.0 Å². The summed E-state index contributed by atoms with van der Waals surface area (Å²) >= 11 is 6.36. The number of rotatable bonds is 7. The number of hydrogen-bond acceptors (Lipinski definition) is 7. The molecule has 0 radical (unpaired) electrons. The zero-order chi connectivity index (χ0) is 22.8. The van der Waals surface area contributed by atoms with Crippen LogP contribution in [0.3, 0.4) is 0 Å². The van der Waals surface area contributed by atoms with Crippen molar-refractivity contribution >= 4 is 40.6 Å². The van der Waals surface area contributed by atoms with Crippen molar-refractivity contribution in [3.8, 4) is 11.4 Å². The highest BCUT2D eigenvalue weighted by Crippen LogP contribution is 2.30. The molecular formula is C23H21ClN8O. The van der Waals surface area contributed by atoms with E-state index in [2.05, 4.69) is 41.1 Å². The number of carbonyl (C=O) groups is 1. The van der Waals surface area contributed by atoms with E-state index >= 15 is 0 Å². The van der Waals surface area contributed by atoms with E-state index in [1.807, 2.05) is 43.3 Å². The highest BCUT2D eigenvalue weighted by atomic mass is 35.5. The lowest BCUT2D eigenvalue weighted by molar-refractivity contribution is 0.0951. The van der Waals surface area contributed by atoms with Gasteiger partial charge in [0.1, 0.15) is 10.8 Å². The fourth-order valence-electron chi connectivity index (χ4n) is 3.22. The van der Waals surface area contributed by atoms with E-state index in [1.165, 1.54) is 6.20 Å². The smallest absolute Gasteiger partial charge is 0.251 e. The number of hydrogen-bond donors (Lipinski definition) is 4. The number of para-hydroxylation sites is 1. The Kier molecular flexibility index (Phi) is 5.62. The molecule has 2 heterocycles. The zero-order valence-electron chi connectivity index (χ0n) is 17.8. The summed E-state index contributed by atoms with van der Waals surface area (Å²) < 4.78 is 0. The number of aromatic nitrogens is 5. The number of benzene rings is 2. The molecule has 166 valence electrons. The fourth-order valence-corrected chi connectivity index (χ4v) is 3.36. The van der Waals surface area contributed by atoms with Crippen LogP contribution < -0.4 is 16.0 Å². The number of H-pyrrole nitrogens is 1. The van der Waals surface area contributed by atoms with E-state index in [1.54, 1.807) is 12.1 Å². The van der Waals surface area contributed by atoms with Crippen molar-refractivity contribution in [3.05, 3.63) is 71.1 Å². The van der Waals surface area contributed by atoms with Gasteiger partial charge in [0.05, 0.1) is 11.9 Å². The molecule has 10 heteroatoms. The Morgan fingerprint density at radius 2 is 1.85 bits per heavy atom. The Labute approximate surface area is 195 Å². The van der Waals surface area contributed by atoms with Crippen LogP contribution in [0.4, 0.5) is 23.1 Å². The lowest BCUT2D eigenvalue weighted by atomic mass is 10.1. The van der Waals surface area contributed by atoms with Crippen LogP contribution in [0.15, 0.2) is 54.7 Å². The summed E-state index contributed by atoms with van der Waals surface area (Å²) in [6.45, 7) is 1.85. The maximum absolute atomic E-state index is 12.2. The van der Waals surface area contributed by atoms with Crippen molar-refractivity contribution in [1.82, 2.24) is 30.5 Å². The van der Waals surface area contributed by atoms with Gasteiger partial charge in [-0.25, -0.2) is 9.97 Å². The van der Waals surface area contributed by atoms with Crippen molar-refractivity contribution in [2.24, 2.45) is 0 Å². The number of carbonyl (C=O) groups excluding carboxylic acids is 1. The van der Waals surface area contributed by atoms with Gasteiger partial charge in [0, 0.05) is 22.9 Å². The van der Waals surface area contributed by atoms with E-state index in [4.69, 9.17) is 11.6 Å². The van der Waals surface area contributed by atoms with Gasteiger partial charge >= 0.3 is 0 Å². The zero-order valence-corrected chi connectivity index (χ0v) is 18.5. The molecule has 9 nitrogen and oxygen atoms in total. The molecule has 0 saturated heterocycles. The van der Waals surface area contributed by atoms with E-state index in [9.17, 15) is 4.79 Å². The van der Waals surface area contributed by atoms with E-state index in [-0.39, 0.29) is 5.91 Å². The summed E-state index contributed by atoms with van der Waals surface area (Å²) in [6.07, 6.45) is 3.63. The van der Waals surface area contributed by atoms with Gasteiger partial charge in [-0.05, 0) is 56.2 Å². The topological polar surface area (TPSA) is 121 Å². The summed E-state index contributed by atoms with van der Waals surface area (Å²) in [4.78, 5) is 25.3. The molecule has 4 N–H and O–H groups in total. The van der Waals surface area contributed by atoms with Crippen molar-refractivity contribution in [1.29, 1.82) is 0 Å². The van der Waals surface area contributed by atoms with Crippen LogP contribution in [-0.4, -0.2) is 37.1 Å². The summed E-state index contributed by atoms with van der Waals surface area (Å²) in [5.74, 6) is 2.04. The minimum Gasteiger partial charge on any atom is -0.349 e. The second-order valence-corrected chi connectivity index (χ2v) is 8.16. The largest absolute Gasteiger partial charge is 0.349 e. The highest BCUT2D eigenvalue weighted by Gasteiger charge is 2.23. The molecule has 0 bridgehead atoms. The summed E-state index contributed by atoms with van der Waals surface area (Å²) in [6, 6.07) is 15.1. The molecular weight excluding hydrogens is 440 g/mol. The van der Waals surface area contributed by atoms with E-state index in [0.717, 1.165) is 35.6 Å². The molecule has 0 unspecified atom stereocenters. The quantitative estimate of drug-likeness (QED) is 0.318. The second-order valence-electron chi connectivity index (χ2n) is 7.76. The maximum Gasteiger partial charge on any atom is 0.251 e. The minimum absolute atomic E-state index is 0.0569. The molecule has 2 aromatic carbocycles.